The van der Waals surface area contributed by atoms with E-state index in [1.54, 1.807) is 32.2 Å². The zero-order chi connectivity index (χ0) is 17.3. The second kappa shape index (κ2) is 6.64. The Balaban J connectivity index is 1.77. The van der Waals surface area contributed by atoms with Crippen LogP contribution in [0.4, 0.5) is 0 Å². The predicted octanol–water partition coefficient (Wildman–Crippen LogP) is -0.386. The van der Waals surface area contributed by atoms with Crippen LogP contribution in [-0.2, 0) is 18.9 Å². The monoisotopic (exact) mass is 330 g/mol. The van der Waals surface area contributed by atoms with Crippen LogP contribution in [0, 0.1) is 6.92 Å². The molecule has 1 saturated heterocycles. The van der Waals surface area contributed by atoms with E-state index < -0.39 is 19.1 Å². The van der Waals surface area contributed by atoms with Crippen LogP contribution in [-0.4, -0.2) is 56.0 Å². The van der Waals surface area contributed by atoms with E-state index in [1.807, 2.05) is 0 Å². The lowest BCUT2D eigenvalue weighted by molar-refractivity contribution is -0.145. The molecule has 1 aromatic rings. The summed E-state index contributed by atoms with van der Waals surface area (Å²) in [5.41, 5.74) is 1.83. The number of amides is 1. The molecule has 7 nitrogen and oxygen atoms in total. The Labute approximate surface area is 140 Å². The molecular weight excluding hydrogens is 311 g/mol. The smallest absolute Gasteiger partial charge is 0.494 e. The fourth-order valence-corrected chi connectivity index (χ4v) is 2.55. The summed E-state index contributed by atoms with van der Waals surface area (Å²) in [5, 5.41) is 2.93. The normalized spacial score (nSPS) is 19.2. The first kappa shape index (κ1) is 16.5. The highest BCUT2D eigenvalue weighted by Gasteiger charge is 2.34. The summed E-state index contributed by atoms with van der Waals surface area (Å²) in [6.45, 7) is 1.84. The minimum Gasteiger partial charge on any atom is -0.494 e. The average molecular weight is 330 g/mol. The van der Waals surface area contributed by atoms with E-state index in [0.717, 1.165) is 18.4 Å². The molecule has 0 bridgehead atoms. The number of nitrogens with one attached hydrogen (secondary N) is 1. The third-order valence-electron chi connectivity index (χ3n) is 3.95. The summed E-state index contributed by atoms with van der Waals surface area (Å²) < 4.78 is 10.4. The zero-order valence-electron chi connectivity index (χ0n) is 13.7. The minimum absolute atomic E-state index is 0.0203. The largest absolute Gasteiger partial charge is 0.636 e. The van der Waals surface area contributed by atoms with Crippen LogP contribution in [0.3, 0.4) is 0 Å². The summed E-state index contributed by atoms with van der Waals surface area (Å²) in [7, 11) is 0.554. The molecule has 2 aliphatic rings. The van der Waals surface area contributed by atoms with Crippen LogP contribution in [0.5, 0.6) is 0 Å². The first-order valence-corrected chi connectivity index (χ1v) is 7.91. The molecule has 1 heterocycles. The van der Waals surface area contributed by atoms with Gasteiger partial charge in [0.25, 0.3) is 5.91 Å². The van der Waals surface area contributed by atoms with Gasteiger partial charge in [-0.1, -0.05) is 12.1 Å². The molecule has 1 amide bonds. The highest BCUT2D eigenvalue weighted by Crippen LogP contribution is 2.20. The van der Waals surface area contributed by atoms with Gasteiger partial charge in [0, 0.05) is 17.1 Å². The van der Waals surface area contributed by atoms with Crippen LogP contribution in [0.2, 0.25) is 0 Å². The standard InChI is InChI=1S/C16H19BN2O5/c1-10-7-11(3-6-13(10)16(22)18-12-4-5-12)17-23-14(20)8-19(2)9-15(21)24-17/h3,6-7,12H,4-5,8-9H2,1-2H3,(H,18,22). The van der Waals surface area contributed by atoms with Gasteiger partial charge >= 0.3 is 19.1 Å². The van der Waals surface area contributed by atoms with Gasteiger partial charge in [-0.05, 0) is 38.4 Å². The molecule has 0 unspecified atom stereocenters. The first-order chi connectivity index (χ1) is 11.4. The summed E-state index contributed by atoms with van der Waals surface area (Å²) in [6, 6.07) is 5.29. The van der Waals surface area contributed by atoms with Crippen molar-refractivity contribution in [3.8, 4) is 0 Å². The number of rotatable bonds is 3. The van der Waals surface area contributed by atoms with Crippen molar-refractivity contribution in [1.82, 2.24) is 10.2 Å². The maximum absolute atomic E-state index is 12.2. The van der Waals surface area contributed by atoms with E-state index in [1.165, 1.54) is 4.90 Å². The van der Waals surface area contributed by atoms with Crippen molar-refractivity contribution in [2.24, 2.45) is 0 Å². The Morgan fingerprint density at radius 2 is 1.83 bits per heavy atom. The fraction of sp³-hybridized carbons (Fsp3) is 0.438. The van der Waals surface area contributed by atoms with E-state index in [-0.39, 0.29) is 25.0 Å². The third-order valence-corrected chi connectivity index (χ3v) is 3.95. The number of hydrogen-bond acceptors (Lipinski definition) is 6. The van der Waals surface area contributed by atoms with E-state index in [9.17, 15) is 14.4 Å². The van der Waals surface area contributed by atoms with E-state index in [0.29, 0.717) is 11.0 Å². The lowest BCUT2D eigenvalue weighted by Crippen LogP contribution is -2.48. The maximum atomic E-state index is 12.2. The molecule has 0 aromatic heterocycles. The van der Waals surface area contributed by atoms with Crippen LogP contribution in [0.1, 0.15) is 28.8 Å². The lowest BCUT2D eigenvalue weighted by Gasteiger charge is -2.22. The van der Waals surface area contributed by atoms with Gasteiger partial charge in [-0.3, -0.25) is 19.3 Å². The quantitative estimate of drug-likeness (QED) is 0.760. The molecule has 1 N–H and O–H groups in total. The van der Waals surface area contributed by atoms with Crippen molar-refractivity contribution in [3.63, 3.8) is 0 Å². The van der Waals surface area contributed by atoms with Gasteiger partial charge in [-0.15, -0.1) is 0 Å². The van der Waals surface area contributed by atoms with Crippen molar-refractivity contribution in [1.29, 1.82) is 0 Å². The number of nitrogens with zero attached hydrogens (tertiary/aromatic N) is 1. The van der Waals surface area contributed by atoms with Gasteiger partial charge in [-0.25, -0.2) is 0 Å². The van der Waals surface area contributed by atoms with E-state index >= 15 is 0 Å². The molecule has 24 heavy (non-hydrogen) atoms. The Morgan fingerprint density at radius 1 is 1.21 bits per heavy atom. The van der Waals surface area contributed by atoms with Gasteiger partial charge in [0.1, 0.15) is 0 Å². The fourth-order valence-electron chi connectivity index (χ4n) is 2.55. The zero-order valence-corrected chi connectivity index (χ0v) is 13.7. The van der Waals surface area contributed by atoms with Gasteiger partial charge in [0.05, 0.1) is 13.1 Å². The molecule has 0 atom stereocenters. The maximum Gasteiger partial charge on any atom is 0.636 e. The molecule has 1 aliphatic carbocycles. The van der Waals surface area contributed by atoms with Gasteiger partial charge in [0.15, 0.2) is 0 Å². The lowest BCUT2D eigenvalue weighted by atomic mass is 9.77. The van der Waals surface area contributed by atoms with Gasteiger partial charge < -0.3 is 14.6 Å². The molecule has 0 spiro atoms. The molecule has 0 radical (unpaired) electrons. The topological polar surface area (TPSA) is 84.9 Å². The highest BCUT2D eigenvalue weighted by molar-refractivity contribution is 6.64. The SMILES string of the molecule is Cc1cc(B2OC(=O)CN(C)CC(=O)O2)ccc1C(=O)NC1CC1. The highest BCUT2D eigenvalue weighted by atomic mass is 16.6. The van der Waals surface area contributed by atoms with Gasteiger partial charge in [0.2, 0.25) is 0 Å². The summed E-state index contributed by atoms with van der Waals surface area (Å²) in [6.07, 6.45) is 2.04. The average Bonchev–Trinajstić information content (AvgIpc) is 3.28. The predicted molar refractivity (Wildman–Crippen MR) is 86.7 cm³/mol. The molecule has 1 aromatic carbocycles. The Bertz CT molecular complexity index is 669. The van der Waals surface area contributed by atoms with Crippen molar-refractivity contribution < 1.29 is 23.7 Å². The molecule has 1 aliphatic heterocycles. The molecule has 8 heteroatoms. The number of carbonyl (C=O) groups excluding carboxylic acids is 3. The van der Waals surface area contributed by atoms with Crippen LogP contribution < -0.4 is 10.8 Å². The summed E-state index contributed by atoms with van der Waals surface area (Å²) in [4.78, 5) is 37.3. The summed E-state index contributed by atoms with van der Waals surface area (Å²) >= 11 is 0. The number of likely N-dealkylation sites (N-methyl/N-ethyl adjacent to an activating group) is 1. The Morgan fingerprint density at radius 3 is 2.38 bits per heavy atom. The van der Waals surface area contributed by atoms with Crippen molar-refractivity contribution in [2.75, 3.05) is 20.1 Å². The second-order valence-corrected chi connectivity index (χ2v) is 6.31. The first-order valence-electron chi connectivity index (χ1n) is 7.91. The molecular formula is C16H19BN2O5. The van der Waals surface area contributed by atoms with Crippen molar-refractivity contribution >= 4 is 30.4 Å². The second-order valence-electron chi connectivity index (χ2n) is 6.31. The van der Waals surface area contributed by atoms with E-state index in [4.69, 9.17) is 9.31 Å². The van der Waals surface area contributed by atoms with Crippen LogP contribution in [0.25, 0.3) is 0 Å². The summed E-state index contributed by atoms with van der Waals surface area (Å²) in [5.74, 6) is -1.05. The number of benzene rings is 1. The molecule has 126 valence electrons. The Hall–Kier alpha value is -2.35. The minimum atomic E-state index is -1.09. The third kappa shape index (κ3) is 3.94. The van der Waals surface area contributed by atoms with Gasteiger partial charge in [-0.2, -0.15) is 0 Å². The molecule has 3 rings (SSSR count). The Kier molecular flexibility index (Phi) is 4.57. The van der Waals surface area contributed by atoms with Crippen LogP contribution >= 0.6 is 0 Å². The molecule has 2 fully saturated rings. The molecule has 1 saturated carbocycles. The van der Waals surface area contributed by atoms with Crippen LogP contribution in [0.15, 0.2) is 18.2 Å². The van der Waals surface area contributed by atoms with Crippen molar-refractivity contribution in [3.05, 3.63) is 29.3 Å². The number of aryl methyl sites for hydroxylation is 1. The van der Waals surface area contributed by atoms with E-state index in [2.05, 4.69) is 5.32 Å². The number of carbonyl (C=O) groups is 3. The number of hydrogen-bond donors (Lipinski definition) is 1. The van der Waals surface area contributed by atoms with Crippen molar-refractivity contribution in [2.45, 2.75) is 25.8 Å².